The summed E-state index contributed by atoms with van der Waals surface area (Å²) >= 11 is 6.14. The van der Waals surface area contributed by atoms with Gasteiger partial charge in [0.25, 0.3) is 0 Å². The Hall–Kier alpha value is -4.12. The van der Waals surface area contributed by atoms with Crippen LogP contribution in [0.2, 0.25) is 5.02 Å². The third kappa shape index (κ3) is 4.96. The Labute approximate surface area is 215 Å². The molecule has 0 bridgehead atoms. The van der Waals surface area contributed by atoms with E-state index in [1.165, 1.54) is 0 Å². The number of halogens is 1. The van der Waals surface area contributed by atoms with Gasteiger partial charge in [-0.05, 0) is 71.8 Å². The number of rotatable bonds is 7. The highest BCUT2D eigenvalue weighted by Crippen LogP contribution is 2.32. The molecule has 0 aliphatic carbocycles. The molecule has 0 aliphatic rings. The number of phenols is 1. The molecular weight excluding hydrogens is 468 g/mol. The van der Waals surface area contributed by atoms with E-state index >= 15 is 0 Å². The number of anilines is 1. The van der Waals surface area contributed by atoms with Gasteiger partial charge in [0, 0.05) is 39.5 Å². The number of aliphatic hydroxyl groups is 1. The number of benzene rings is 4. The summed E-state index contributed by atoms with van der Waals surface area (Å²) in [6, 6.07) is 32.9. The molecule has 5 rings (SSSR count). The van der Waals surface area contributed by atoms with E-state index in [0.29, 0.717) is 11.6 Å². The summed E-state index contributed by atoms with van der Waals surface area (Å²) in [6.45, 7) is 4.88. The van der Waals surface area contributed by atoms with Gasteiger partial charge in [0.05, 0.1) is 17.8 Å². The van der Waals surface area contributed by atoms with Gasteiger partial charge in [0.15, 0.2) is 0 Å². The fourth-order valence-corrected chi connectivity index (χ4v) is 4.46. The van der Waals surface area contributed by atoms with Crippen LogP contribution >= 0.6 is 11.6 Å². The quantitative estimate of drug-likeness (QED) is 0.248. The van der Waals surface area contributed by atoms with Crippen molar-refractivity contribution in [1.29, 1.82) is 0 Å². The Morgan fingerprint density at radius 2 is 1.58 bits per heavy atom. The van der Waals surface area contributed by atoms with Crippen molar-refractivity contribution in [2.75, 3.05) is 4.90 Å². The van der Waals surface area contributed by atoms with Crippen molar-refractivity contribution in [2.24, 2.45) is 0 Å². The van der Waals surface area contributed by atoms with E-state index in [1.807, 2.05) is 78.9 Å². The Kier molecular flexibility index (Phi) is 6.72. The van der Waals surface area contributed by atoms with Crippen molar-refractivity contribution in [2.45, 2.75) is 13.2 Å². The molecule has 0 fully saturated rings. The zero-order valence-corrected chi connectivity index (χ0v) is 20.4. The molecule has 0 saturated heterocycles. The number of aromatic nitrogens is 1. The van der Waals surface area contributed by atoms with Crippen LogP contribution in [0.1, 0.15) is 16.7 Å². The highest BCUT2D eigenvalue weighted by Gasteiger charge is 2.15. The van der Waals surface area contributed by atoms with Gasteiger partial charge in [0.2, 0.25) is 0 Å². The summed E-state index contributed by atoms with van der Waals surface area (Å²) in [4.78, 5) is 6.96. The summed E-state index contributed by atoms with van der Waals surface area (Å²) in [7, 11) is 0. The number of pyridine rings is 1. The lowest BCUT2D eigenvalue weighted by Crippen LogP contribution is -2.20. The summed E-state index contributed by atoms with van der Waals surface area (Å²) in [5.41, 5.74) is 7.08. The minimum atomic E-state index is -0.121. The highest BCUT2D eigenvalue weighted by molar-refractivity contribution is 6.31. The fourth-order valence-electron chi connectivity index (χ4n) is 4.28. The van der Waals surface area contributed by atoms with Gasteiger partial charge in [-0.15, -0.1) is 0 Å². The maximum absolute atomic E-state index is 10.0. The topological polar surface area (TPSA) is 56.6 Å². The van der Waals surface area contributed by atoms with E-state index in [-0.39, 0.29) is 12.4 Å². The molecule has 5 heteroatoms. The van der Waals surface area contributed by atoms with E-state index in [9.17, 15) is 10.2 Å². The fraction of sp³-hybridized carbons (Fsp3) is 0.0645. The average Bonchev–Trinajstić information content (AvgIpc) is 2.91. The van der Waals surface area contributed by atoms with Gasteiger partial charge in [-0.25, -0.2) is 4.98 Å². The van der Waals surface area contributed by atoms with Crippen molar-refractivity contribution >= 4 is 33.9 Å². The number of aromatic hydroxyl groups is 1. The van der Waals surface area contributed by atoms with Gasteiger partial charge in [-0.2, -0.15) is 0 Å². The Balaban J connectivity index is 1.52. The van der Waals surface area contributed by atoms with Crippen molar-refractivity contribution < 1.29 is 10.2 Å². The molecular formula is C31H25ClN2O2. The maximum Gasteiger partial charge on any atom is 0.115 e. The van der Waals surface area contributed by atoms with Crippen LogP contribution in [0.25, 0.3) is 27.9 Å². The second-order valence-corrected chi connectivity index (χ2v) is 9.04. The lowest BCUT2D eigenvalue weighted by Gasteiger charge is -2.28. The van der Waals surface area contributed by atoms with Crippen molar-refractivity contribution in [3.05, 3.63) is 131 Å². The van der Waals surface area contributed by atoms with Crippen LogP contribution in [-0.4, -0.2) is 15.2 Å². The number of aliphatic hydroxyl groups excluding tert-OH is 1. The van der Waals surface area contributed by atoms with Crippen LogP contribution in [0.15, 0.2) is 110 Å². The van der Waals surface area contributed by atoms with E-state index in [2.05, 4.69) is 23.6 Å². The SMILES string of the molecule is C=C(c1ccc(O)cc1)N(Cc1ccccc1)c1ccc(-c2nc3ccc(Cl)cc3cc2CO)cc1. The van der Waals surface area contributed by atoms with E-state index in [0.717, 1.165) is 50.2 Å². The molecule has 0 unspecified atom stereocenters. The first-order chi connectivity index (χ1) is 17.5. The van der Waals surface area contributed by atoms with Crippen LogP contribution in [0.5, 0.6) is 5.75 Å². The molecule has 178 valence electrons. The average molecular weight is 493 g/mol. The van der Waals surface area contributed by atoms with Gasteiger partial charge >= 0.3 is 0 Å². The summed E-state index contributed by atoms with van der Waals surface area (Å²) in [6.07, 6.45) is 0. The number of phenolic OH excluding ortho intramolecular Hbond substituents is 1. The molecule has 0 radical (unpaired) electrons. The molecule has 5 aromatic rings. The van der Waals surface area contributed by atoms with Crippen LogP contribution in [0.4, 0.5) is 5.69 Å². The van der Waals surface area contributed by atoms with Crippen LogP contribution in [0, 0.1) is 0 Å². The van der Waals surface area contributed by atoms with Crippen molar-refractivity contribution in [1.82, 2.24) is 4.98 Å². The molecule has 4 aromatic carbocycles. The van der Waals surface area contributed by atoms with Crippen LogP contribution in [-0.2, 0) is 13.2 Å². The summed E-state index contributed by atoms with van der Waals surface area (Å²) in [5.74, 6) is 0.218. The van der Waals surface area contributed by atoms with Crippen molar-refractivity contribution in [3.63, 3.8) is 0 Å². The van der Waals surface area contributed by atoms with Gasteiger partial charge < -0.3 is 15.1 Å². The third-order valence-electron chi connectivity index (χ3n) is 6.19. The first-order valence-electron chi connectivity index (χ1n) is 11.6. The van der Waals surface area contributed by atoms with E-state index in [1.54, 1.807) is 12.1 Å². The Morgan fingerprint density at radius 1 is 0.861 bits per heavy atom. The molecule has 1 aromatic heterocycles. The lowest BCUT2D eigenvalue weighted by molar-refractivity contribution is 0.282. The van der Waals surface area contributed by atoms with Crippen LogP contribution in [0.3, 0.4) is 0 Å². The standard InChI is InChI=1S/C31H25ClN2O2/c1-21(23-9-14-29(36)15-10-23)34(19-22-5-3-2-4-6-22)28-12-7-24(8-13-28)31-26(20-35)17-25-18-27(32)11-16-30(25)33-31/h2-18,35-36H,1,19-20H2. The predicted octanol–water partition coefficient (Wildman–Crippen LogP) is 7.43. The second-order valence-electron chi connectivity index (χ2n) is 8.60. The van der Waals surface area contributed by atoms with Gasteiger partial charge in [-0.1, -0.05) is 60.6 Å². The van der Waals surface area contributed by atoms with Crippen LogP contribution < -0.4 is 4.90 Å². The molecule has 0 amide bonds. The largest absolute Gasteiger partial charge is 0.508 e. The molecule has 4 nitrogen and oxygen atoms in total. The Morgan fingerprint density at radius 3 is 2.28 bits per heavy atom. The molecule has 0 spiro atoms. The number of hydrogen-bond donors (Lipinski definition) is 2. The monoisotopic (exact) mass is 492 g/mol. The lowest BCUT2D eigenvalue weighted by atomic mass is 10.0. The van der Waals surface area contributed by atoms with Gasteiger partial charge in [-0.3, -0.25) is 0 Å². The second kappa shape index (κ2) is 10.2. The first-order valence-corrected chi connectivity index (χ1v) is 12.0. The number of hydrogen-bond acceptors (Lipinski definition) is 4. The minimum Gasteiger partial charge on any atom is -0.508 e. The minimum absolute atomic E-state index is 0.121. The van der Waals surface area contributed by atoms with Crippen molar-refractivity contribution in [3.8, 4) is 17.0 Å². The summed E-state index contributed by atoms with van der Waals surface area (Å²) in [5, 5.41) is 21.3. The maximum atomic E-state index is 10.0. The van der Waals surface area contributed by atoms with Gasteiger partial charge in [0.1, 0.15) is 5.75 Å². The molecule has 2 N–H and O–H groups in total. The van der Waals surface area contributed by atoms with E-state index in [4.69, 9.17) is 16.6 Å². The predicted molar refractivity (Wildman–Crippen MR) is 148 cm³/mol. The molecule has 1 heterocycles. The number of nitrogens with zero attached hydrogens (tertiary/aromatic N) is 2. The molecule has 0 aliphatic heterocycles. The first kappa shape index (κ1) is 23.6. The summed E-state index contributed by atoms with van der Waals surface area (Å²) < 4.78 is 0. The zero-order valence-electron chi connectivity index (χ0n) is 19.6. The molecule has 0 saturated carbocycles. The smallest absolute Gasteiger partial charge is 0.115 e. The van der Waals surface area contributed by atoms with E-state index < -0.39 is 0 Å². The molecule has 36 heavy (non-hydrogen) atoms. The highest BCUT2D eigenvalue weighted by atomic mass is 35.5. The normalized spacial score (nSPS) is 10.9. The third-order valence-corrected chi connectivity index (χ3v) is 6.42. The molecule has 0 atom stereocenters. The zero-order chi connectivity index (χ0) is 25.1. The Bertz CT molecular complexity index is 1520. The number of fused-ring (bicyclic) bond motifs is 1.